The zero-order chi connectivity index (χ0) is 13.5. The second kappa shape index (κ2) is 7.09. The standard InChI is InChI=1S/C14H22N4O/c15-9-3-6-14(19)18-12-7-8-13(16-10-12)17-11-4-1-2-5-11/h7-8,10-11H,1-6,9,15H2,(H,16,17)(H,18,19). The van der Waals surface area contributed by atoms with Crippen molar-refractivity contribution in [1.82, 2.24) is 4.98 Å². The molecule has 1 amide bonds. The van der Waals surface area contributed by atoms with Gasteiger partial charge in [-0.05, 0) is 37.9 Å². The number of carbonyl (C=O) groups excluding carboxylic acids is 1. The molecular formula is C14H22N4O. The van der Waals surface area contributed by atoms with E-state index in [0.717, 1.165) is 11.5 Å². The van der Waals surface area contributed by atoms with E-state index in [1.807, 2.05) is 12.1 Å². The van der Waals surface area contributed by atoms with Crippen molar-refractivity contribution in [3.63, 3.8) is 0 Å². The number of anilines is 2. The first-order valence-corrected chi connectivity index (χ1v) is 7.00. The number of aromatic nitrogens is 1. The molecule has 0 saturated heterocycles. The van der Waals surface area contributed by atoms with Gasteiger partial charge in [-0.1, -0.05) is 12.8 Å². The number of rotatable bonds is 6. The monoisotopic (exact) mass is 262 g/mol. The molecule has 2 rings (SSSR count). The molecule has 0 unspecified atom stereocenters. The SMILES string of the molecule is NCCCC(=O)Nc1ccc(NC2CCCC2)nc1. The van der Waals surface area contributed by atoms with Gasteiger partial charge in [0, 0.05) is 12.5 Å². The molecule has 1 fully saturated rings. The van der Waals surface area contributed by atoms with Gasteiger partial charge in [-0.2, -0.15) is 0 Å². The number of nitrogens with one attached hydrogen (secondary N) is 2. The topological polar surface area (TPSA) is 80.0 Å². The summed E-state index contributed by atoms with van der Waals surface area (Å²) in [5.41, 5.74) is 6.10. The molecule has 5 nitrogen and oxygen atoms in total. The van der Waals surface area contributed by atoms with Crippen molar-refractivity contribution in [1.29, 1.82) is 0 Å². The van der Waals surface area contributed by atoms with Crippen LogP contribution in [0.15, 0.2) is 18.3 Å². The van der Waals surface area contributed by atoms with Crippen LogP contribution in [0.2, 0.25) is 0 Å². The van der Waals surface area contributed by atoms with Crippen LogP contribution in [0.4, 0.5) is 11.5 Å². The maximum atomic E-state index is 11.5. The van der Waals surface area contributed by atoms with Crippen LogP contribution >= 0.6 is 0 Å². The highest BCUT2D eigenvalue weighted by Gasteiger charge is 2.14. The van der Waals surface area contributed by atoms with Gasteiger partial charge in [0.25, 0.3) is 0 Å². The van der Waals surface area contributed by atoms with E-state index < -0.39 is 0 Å². The van der Waals surface area contributed by atoms with Crippen LogP contribution in [-0.4, -0.2) is 23.5 Å². The van der Waals surface area contributed by atoms with Crippen molar-refractivity contribution in [2.24, 2.45) is 5.73 Å². The molecule has 0 atom stereocenters. The Labute approximate surface area is 114 Å². The quantitative estimate of drug-likeness (QED) is 0.733. The minimum absolute atomic E-state index is 0.0104. The molecule has 1 aromatic rings. The van der Waals surface area contributed by atoms with Crippen LogP contribution in [0, 0.1) is 0 Å². The lowest BCUT2D eigenvalue weighted by Gasteiger charge is -2.12. The van der Waals surface area contributed by atoms with Gasteiger partial charge in [0.05, 0.1) is 11.9 Å². The van der Waals surface area contributed by atoms with Crippen molar-refractivity contribution in [3.05, 3.63) is 18.3 Å². The summed E-state index contributed by atoms with van der Waals surface area (Å²) < 4.78 is 0. The van der Waals surface area contributed by atoms with Gasteiger partial charge < -0.3 is 16.4 Å². The lowest BCUT2D eigenvalue weighted by atomic mass is 10.2. The third-order valence-corrected chi connectivity index (χ3v) is 3.36. The highest BCUT2D eigenvalue weighted by molar-refractivity contribution is 5.90. The maximum absolute atomic E-state index is 11.5. The summed E-state index contributed by atoms with van der Waals surface area (Å²) in [6, 6.07) is 4.35. The number of carbonyl (C=O) groups is 1. The van der Waals surface area contributed by atoms with E-state index in [4.69, 9.17) is 5.73 Å². The average Bonchev–Trinajstić information content (AvgIpc) is 2.91. The Balaban J connectivity index is 1.82. The van der Waals surface area contributed by atoms with Crippen LogP contribution in [0.1, 0.15) is 38.5 Å². The Kier molecular flexibility index (Phi) is 5.15. The fraction of sp³-hybridized carbons (Fsp3) is 0.571. The molecule has 1 saturated carbocycles. The summed E-state index contributed by atoms with van der Waals surface area (Å²) in [5.74, 6) is 0.871. The van der Waals surface area contributed by atoms with Gasteiger partial charge in [-0.15, -0.1) is 0 Å². The molecule has 4 N–H and O–H groups in total. The summed E-state index contributed by atoms with van der Waals surface area (Å²) in [6.07, 6.45) is 7.90. The van der Waals surface area contributed by atoms with E-state index in [1.54, 1.807) is 6.20 Å². The van der Waals surface area contributed by atoms with Crippen molar-refractivity contribution in [2.75, 3.05) is 17.2 Å². The van der Waals surface area contributed by atoms with E-state index in [2.05, 4.69) is 15.6 Å². The molecule has 0 spiro atoms. The van der Waals surface area contributed by atoms with Crippen LogP contribution in [0.3, 0.4) is 0 Å². The predicted octanol–water partition coefficient (Wildman–Crippen LogP) is 2.11. The lowest BCUT2D eigenvalue weighted by molar-refractivity contribution is -0.116. The molecule has 0 aromatic carbocycles. The molecule has 19 heavy (non-hydrogen) atoms. The fourth-order valence-corrected chi connectivity index (χ4v) is 2.32. The van der Waals surface area contributed by atoms with Crippen LogP contribution in [0.5, 0.6) is 0 Å². The number of hydrogen-bond donors (Lipinski definition) is 3. The summed E-state index contributed by atoms with van der Waals surface area (Å²) >= 11 is 0. The summed E-state index contributed by atoms with van der Waals surface area (Å²) in [6.45, 7) is 0.538. The molecule has 0 radical (unpaired) electrons. The number of hydrogen-bond acceptors (Lipinski definition) is 4. The smallest absolute Gasteiger partial charge is 0.224 e. The molecule has 5 heteroatoms. The molecule has 104 valence electrons. The summed E-state index contributed by atoms with van der Waals surface area (Å²) in [4.78, 5) is 15.8. The normalized spacial score (nSPS) is 15.4. The third kappa shape index (κ3) is 4.52. The Bertz CT molecular complexity index is 398. The number of amides is 1. The second-order valence-electron chi connectivity index (χ2n) is 5.00. The molecular weight excluding hydrogens is 240 g/mol. The van der Waals surface area contributed by atoms with E-state index in [9.17, 15) is 4.79 Å². The second-order valence-corrected chi connectivity index (χ2v) is 5.00. The van der Waals surface area contributed by atoms with Crippen molar-refractivity contribution in [3.8, 4) is 0 Å². The molecule has 1 aromatic heterocycles. The largest absolute Gasteiger partial charge is 0.367 e. The van der Waals surface area contributed by atoms with Gasteiger partial charge in [-0.3, -0.25) is 4.79 Å². The van der Waals surface area contributed by atoms with E-state index in [0.29, 0.717) is 25.4 Å². The van der Waals surface area contributed by atoms with Gasteiger partial charge >= 0.3 is 0 Å². The highest BCUT2D eigenvalue weighted by atomic mass is 16.1. The van der Waals surface area contributed by atoms with Crippen molar-refractivity contribution < 1.29 is 4.79 Å². The van der Waals surface area contributed by atoms with Gasteiger partial charge in [0.15, 0.2) is 0 Å². The summed E-state index contributed by atoms with van der Waals surface area (Å²) in [7, 11) is 0. The van der Waals surface area contributed by atoms with Crippen LogP contribution < -0.4 is 16.4 Å². The Morgan fingerprint density at radius 2 is 2.16 bits per heavy atom. The Morgan fingerprint density at radius 1 is 1.37 bits per heavy atom. The zero-order valence-corrected chi connectivity index (χ0v) is 11.2. The number of nitrogens with two attached hydrogens (primary N) is 1. The van der Waals surface area contributed by atoms with Gasteiger partial charge in [0.2, 0.25) is 5.91 Å². The first-order chi connectivity index (χ1) is 9.28. The minimum atomic E-state index is -0.0104. The van der Waals surface area contributed by atoms with Gasteiger partial charge in [0.1, 0.15) is 5.82 Å². The molecule has 1 heterocycles. The lowest BCUT2D eigenvalue weighted by Crippen LogP contribution is -2.16. The summed E-state index contributed by atoms with van der Waals surface area (Å²) in [5, 5.41) is 6.23. The zero-order valence-electron chi connectivity index (χ0n) is 11.2. The Hall–Kier alpha value is -1.62. The molecule has 1 aliphatic rings. The van der Waals surface area contributed by atoms with Gasteiger partial charge in [-0.25, -0.2) is 4.98 Å². The van der Waals surface area contributed by atoms with Crippen LogP contribution in [-0.2, 0) is 4.79 Å². The van der Waals surface area contributed by atoms with E-state index >= 15 is 0 Å². The average molecular weight is 262 g/mol. The number of nitrogens with zero attached hydrogens (tertiary/aromatic N) is 1. The molecule has 1 aliphatic carbocycles. The van der Waals surface area contributed by atoms with Crippen LogP contribution in [0.25, 0.3) is 0 Å². The van der Waals surface area contributed by atoms with E-state index in [-0.39, 0.29) is 5.91 Å². The molecule has 0 aliphatic heterocycles. The highest BCUT2D eigenvalue weighted by Crippen LogP contribution is 2.21. The third-order valence-electron chi connectivity index (χ3n) is 3.36. The first kappa shape index (κ1) is 13.8. The minimum Gasteiger partial charge on any atom is -0.367 e. The first-order valence-electron chi connectivity index (χ1n) is 7.00. The maximum Gasteiger partial charge on any atom is 0.224 e. The molecule has 0 bridgehead atoms. The van der Waals surface area contributed by atoms with Crippen molar-refractivity contribution >= 4 is 17.4 Å². The predicted molar refractivity (Wildman–Crippen MR) is 77.0 cm³/mol. The number of pyridine rings is 1. The Morgan fingerprint density at radius 3 is 2.79 bits per heavy atom. The van der Waals surface area contributed by atoms with E-state index in [1.165, 1.54) is 25.7 Å². The van der Waals surface area contributed by atoms with Crippen molar-refractivity contribution in [2.45, 2.75) is 44.6 Å². The fourth-order valence-electron chi connectivity index (χ4n) is 2.32.